The van der Waals surface area contributed by atoms with Gasteiger partial charge in [-0.2, -0.15) is 0 Å². The molecule has 0 aliphatic carbocycles. The van der Waals surface area contributed by atoms with Gasteiger partial charge in [0, 0.05) is 16.6 Å². The number of nitrogens with zero attached hydrogens (tertiary/aromatic N) is 3. The van der Waals surface area contributed by atoms with E-state index in [1.807, 2.05) is 0 Å². The molecule has 0 aromatic heterocycles. The minimum Gasteiger partial charge on any atom is -0.468 e. The summed E-state index contributed by atoms with van der Waals surface area (Å²) in [5.74, 6) is -2.38. The first-order valence-electron chi connectivity index (χ1n) is 5.89. The number of esters is 1. The van der Waals surface area contributed by atoms with Crippen LogP contribution in [-0.2, 0) is 25.1 Å². The molecule has 22 heavy (non-hydrogen) atoms. The highest BCUT2D eigenvalue weighted by atomic mass is 32.2. The number of nitrogens with two attached hydrogens (primary N) is 1. The summed E-state index contributed by atoms with van der Waals surface area (Å²) in [6, 6.07) is -1.16. The van der Waals surface area contributed by atoms with Crippen molar-refractivity contribution in [2.24, 2.45) is 5.73 Å². The van der Waals surface area contributed by atoms with E-state index < -0.39 is 63.1 Å². The van der Waals surface area contributed by atoms with Gasteiger partial charge in [-0.05, 0) is 0 Å². The number of nitro groups is 2. The van der Waals surface area contributed by atoms with Gasteiger partial charge in [0.05, 0.1) is 7.11 Å². The van der Waals surface area contributed by atoms with Crippen molar-refractivity contribution in [1.29, 1.82) is 0 Å². The summed E-state index contributed by atoms with van der Waals surface area (Å²) in [5, 5.41) is 21.4. The van der Waals surface area contributed by atoms with Crippen LogP contribution in [0.15, 0.2) is 0 Å². The molecule has 1 fully saturated rings. The Hall–Kier alpha value is -2.15. The van der Waals surface area contributed by atoms with E-state index in [-0.39, 0.29) is 5.75 Å². The minimum atomic E-state index is -2.40. The van der Waals surface area contributed by atoms with Gasteiger partial charge in [0.1, 0.15) is 21.6 Å². The number of likely N-dealkylation sites (tertiary alicyclic amines) is 1. The molecule has 0 radical (unpaired) electrons. The molecule has 1 aliphatic rings. The third kappa shape index (κ3) is 3.54. The molecule has 2 atom stereocenters. The molecular formula is C9H14N4O8S. The average Bonchev–Trinajstić information content (AvgIpc) is 2.34. The van der Waals surface area contributed by atoms with E-state index in [1.165, 1.54) is 0 Å². The van der Waals surface area contributed by atoms with Crippen LogP contribution in [0.1, 0.15) is 0 Å². The number of methoxy groups -OCH3 is 1. The zero-order valence-electron chi connectivity index (χ0n) is 11.5. The van der Waals surface area contributed by atoms with Crippen molar-refractivity contribution in [2.75, 3.05) is 31.7 Å². The van der Waals surface area contributed by atoms with Crippen LogP contribution in [0.4, 0.5) is 0 Å². The van der Waals surface area contributed by atoms with Crippen molar-refractivity contribution < 1.29 is 28.4 Å². The molecule has 0 bridgehead atoms. The molecule has 1 heterocycles. The van der Waals surface area contributed by atoms with E-state index >= 15 is 0 Å². The molecule has 1 aliphatic heterocycles. The lowest BCUT2D eigenvalue weighted by Crippen LogP contribution is -2.71. The van der Waals surface area contributed by atoms with Gasteiger partial charge in [0.25, 0.3) is 0 Å². The van der Waals surface area contributed by atoms with Gasteiger partial charge in [-0.1, -0.05) is 0 Å². The van der Waals surface area contributed by atoms with Gasteiger partial charge < -0.3 is 15.4 Å². The fourth-order valence-electron chi connectivity index (χ4n) is 1.75. The first-order valence-corrected chi connectivity index (χ1v) is 7.38. The second kappa shape index (κ2) is 6.74. The standard InChI is InChI=1S/C9H14N4O8S/c1-21-8(15)6(10)2-22(20)3-7(14)11-4-9(5-11,12(16)17)13(18)19/h6H,2-5,10H2,1H3/t6-,22?/m0/s1. The highest BCUT2D eigenvalue weighted by Gasteiger charge is 2.67. The first-order chi connectivity index (χ1) is 10.1. The first kappa shape index (κ1) is 17.9. The van der Waals surface area contributed by atoms with Crippen molar-refractivity contribution in [3.8, 4) is 0 Å². The summed E-state index contributed by atoms with van der Waals surface area (Å²) in [4.78, 5) is 42.9. The average molecular weight is 338 g/mol. The Labute approximate surface area is 126 Å². The molecule has 0 saturated carbocycles. The Morgan fingerprint density at radius 2 is 1.86 bits per heavy atom. The third-order valence-corrected chi connectivity index (χ3v) is 4.37. The molecule has 0 aromatic carbocycles. The summed E-state index contributed by atoms with van der Waals surface area (Å²) in [5.41, 5.74) is 2.98. The minimum absolute atomic E-state index is 0.318. The van der Waals surface area contributed by atoms with E-state index in [0.29, 0.717) is 0 Å². The number of carbonyl (C=O) groups is 2. The molecule has 13 heteroatoms. The van der Waals surface area contributed by atoms with Crippen molar-refractivity contribution in [3.05, 3.63) is 20.2 Å². The van der Waals surface area contributed by atoms with Crippen LogP contribution in [0.5, 0.6) is 0 Å². The number of amides is 1. The van der Waals surface area contributed by atoms with Crippen LogP contribution in [0.2, 0.25) is 0 Å². The number of rotatable bonds is 7. The number of hydrogen-bond acceptors (Lipinski definition) is 9. The lowest BCUT2D eigenvalue weighted by Gasteiger charge is -2.35. The fourth-order valence-corrected chi connectivity index (χ4v) is 2.86. The molecule has 0 spiro atoms. The molecule has 124 valence electrons. The van der Waals surface area contributed by atoms with Gasteiger partial charge in [0.15, 0.2) is 13.1 Å². The summed E-state index contributed by atoms with van der Waals surface area (Å²) < 4.78 is 16.0. The van der Waals surface area contributed by atoms with Crippen LogP contribution in [0.25, 0.3) is 0 Å². The maximum Gasteiger partial charge on any atom is 0.492 e. The number of ether oxygens (including phenoxy) is 1. The maximum atomic E-state index is 11.7. The van der Waals surface area contributed by atoms with Crippen LogP contribution in [-0.4, -0.2) is 74.2 Å². The van der Waals surface area contributed by atoms with Gasteiger partial charge >= 0.3 is 11.6 Å². The van der Waals surface area contributed by atoms with Crippen molar-refractivity contribution in [2.45, 2.75) is 11.7 Å². The van der Waals surface area contributed by atoms with E-state index in [1.54, 1.807) is 0 Å². The molecule has 1 unspecified atom stereocenters. The maximum absolute atomic E-state index is 11.7. The van der Waals surface area contributed by atoms with Crippen molar-refractivity contribution in [3.63, 3.8) is 0 Å². The molecule has 2 N–H and O–H groups in total. The van der Waals surface area contributed by atoms with E-state index in [0.717, 1.165) is 12.0 Å². The summed E-state index contributed by atoms with van der Waals surface area (Å²) >= 11 is 0. The van der Waals surface area contributed by atoms with E-state index in [2.05, 4.69) is 4.74 Å². The summed E-state index contributed by atoms with van der Waals surface area (Å²) in [7, 11) is -0.691. The highest BCUT2D eigenvalue weighted by Crippen LogP contribution is 2.25. The Bertz CT molecular complexity index is 516. The van der Waals surface area contributed by atoms with E-state index in [9.17, 15) is 34.0 Å². The second-order valence-electron chi connectivity index (χ2n) is 4.63. The predicted molar refractivity (Wildman–Crippen MR) is 71.2 cm³/mol. The second-order valence-corrected chi connectivity index (χ2v) is 6.13. The van der Waals surface area contributed by atoms with Crippen LogP contribution >= 0.6 is 0 Å². The zero-order chi connectivity index (χ0) is 17.1. The summed E-state index contributed by atoms with van der Waals surface area (Å²) in [6.45, 7) is -1.38. The Morgan fingerprint density at radius 1 is 1.36 bits per heavy atom. The highest BCUT2D eigenvalue weighted by molar-refractivity contribution is 7.85. The number of hydrogen-bond donors (Lipinski definition) is 1. The topological polar surface area (TPSA) is 176 Å². The lowest BCUT2D eigenvalue weighted by molar-refractivity contribution is -0.809. The van der Waals surface area contributed by atoms with Gasteiger partial charge in [-0.15, -0.1) is 0 Å². The van der Waals surface area contributed by atoms with Crippen LogP contribution < -0.4 is 5.73 Å². The quantitative estimate of drug-likeness (QED) is 0.224. The van der Waals surface area contributed by atoms with Gasteiger partial charge in [0.2, 0.25) is 5.91 Å². The smallest absolute Gasteiger partial charge is 0.468 e. The zero-order valence-corrected chi connectivity index (χ0v) is 12.3. The molecular weight excluding hydrogens is 324 g/mol. The SMILES string of the molecule is COC(=O)[C@@H](N)CS(=O)CC(=O)N1CC([N+](=O)[O-])([N+](=O)[O-])C1. The normalized spacial score (nSPS) is 18.7. The number of carbonyl (C=O) groups excluding carboxylic acids is 2. The molecule has 1 rings (SSSR count). The Balaban J connectivity index is 2.52. The Kier molecular flexibility index (Phi) is 5.48. The van der Waals surface area contributed by atoms with Crippen molar-refractivity contribution in [1.82, 2.24) is 4.90 Å². The molecule has 12 nitrogen and oxygen atoms in total. The third-order valence-electron chi connectivity index (χ3n) is 3.07. The van der Waals surface area contributed by atoms with Crippen LogP contribution in [0.3, 0.4) is 0 Å². The van der Waals surface area contributed by atoms with Gasteiger partial charge in [-0.25, -0.2) is 0 Å². The fraction of sp³-hybridized carbons (Fsp3) is 0.778. The monoisotopic (exact) mass is 338 g/mol. The molecule has 0 aromatic rings. The predicted octanol–water partition coefficient (Wildman–Crippen LogP) is -2.67. The van der Waals surface area contributed by atoms with Crippen LogP contribution in [0, 0.1) is 20.2 Å². The van der Waals surface area contributed by atoms with Crippen molar-refractivity contribution >= 4 is 22.7 Å². The van der Waals surface area contributed by atoms with Gasteiger partial charge in [-0.3, -0.25) is 34.0 Å². The molecule has 1 saturated heterocycles. The van der Waals surface area contributed by atoms with E-state index in [4.69, 9.17) is 5.73 Å². The lowest BCUT2D eigenvalue weighted by atomic mass is 10.0. The Morgan fingerprint density at radius 3 is 2.27 bits per heavy atom. The largest absolute Gasteiger partial charge is 0.492 e. The molecule has 1 amide bonds. The summed E-state index contributed by atoms with van der Waals surface area (Å²) in [6.07, 6.45) is 0.